The maximum atomic E-state index is 12.1. The molecule has 0 spiro atoms. The standard InChI is InChI=1S/C15H16BrNO4/c1-2-3-12(15(19)20)17-14(18)10-6-9-7-11(16)4-5-13(9)21-8-10/h4-7,12H,2-3,8H2,1H3,(H,17,18)(H,19,20)/t12-/m0/s1. The van der Waals surface area contributed by atoms with Crippen LogP contribution in [0.3, 0.4) is 0 Å². The predicted molar refractivity (Wildman–Crippen MR) is 82.1 cm³/mol. The topological polar surface area (TPSA) is 75.6 Å². The fourth-order valence-corrected chi connectivity index (χ4v) is 2.46. The summed E-state index contributed by atoms with van der Waals surface area (Å²) in [7, 11) is 0. The first kappa shape index (κ1) is 15.6. The normalized spacial score (nSPS) is 14.5. The van der Waals surface area contributed by atoms with Crippen LogP contribution in [-0.4, -0.2) is 29.6 Å². The van der Waals surface area contributed by atoms with Gasteiger partial charge >= 0.3 is 5.97 Å². The van der Waals surface area contributed by atoms with E-state index in [2.05, 4.69) is 21.2 Å². The van der Waals surface area contributed by atoms with E-state index in [1.807, 2.05) is 25.1 Å². The van der Waals surface area contributed by atoms with E-state index in [9.17, 15) is 9.59 Å². The molecule has 0 aromatic heterocycles. The van der Waals surface area contributed by atoms with Crippen molar-refractivity contribution in [1.82, 2.24) is 5.32 Å². The number of nitrogens with one attached hydrogen (secondary N) is 1. The largest absolute Gasteiger partial charge is 0.488 e. The van der Waals surface area contributed by atoms with Crippen molar-refractivity contribution in [2.75, 3.05) is 6.61 Å². The van der Waals surface area contributed by atoms with Crippen molar-refractivity contribution < 1.29 is 19.4 Å². The quantitative estimate of drug-likeness (QED) is 0.852. The number of benzene rings is 1. The Bertz CT molecular complexity index is 597. The lowest BCUT2D eigenvalue weighted by atomic mass is 10.1. The molecule has 1 amide bonds. The summed E-state index contributed by atoms with van der Waals surface area (Å²) in [4.78, 5) is 23.2. The SMILES string of the molecule is CCC[C@H](NC(=O)C1=Cc2cc(Br)ccc2OC1)C(=O)O. The molecule has 6 heteroatoms. The number of amides is 1. The summed E-state index contributed by atoms with van der Waals surface area (Å²) in [5.74, 6) is -0.717. The summed E-state index contributed by atoms with van der Waals surface area (Å²) in [5.41, 5.74) is 1.21. The van der Waals surface area contributed by atoms with Crippen molar-refractivity contribution >= 4 is 33.9 Å². The Balaban J connectivity index is 2.15. The van der Waals surface area contributed by atoms with Crippen molar-refractivity contribution in [3.05, 3.63) is 33.8 Å². The molecule has 1 aliphatic rings. The molecule has 112 valence electrons. The average Bonchev–Trinajstić information content (AvgIpc) is 2.45. The van der Waals surface area contributed by atoms with Crippen LogP contribution in [0.2, 0.25) is 0 Å². The number of carbonyl (C=O) groups excluding carboxylic acids is 1. The number of hydrogen-bond acceptors (Lipinski definition) is 3. The highest BCUT2D eigenvalue weighted by Gasteiger charge is 2.23. The summed E-state index contributed by atoms with van der Waals surface area (Å²) in [6, 6.07) is 4.66. The predicted octanol–water partition coefficient (Wildman–Crippen LogP) is 2.59. The molecule has 1 heterocycles. The lowest BCUT2D eigenvalue weighted by Gasteiger charge is -2.20. The Morgan fingerprint density at radius 3 is 2.90 bits per heavy atom. The van der Waals surface area contributed by atoms with E-state index in [0.29, 0.717) is 24.2 Å². The molecule has 1 aliphatic heterocycles. The number of fused-ring (bicyclic) bond motifs is 1. The van der Waals surface area contributed by atoms with E-state index >= 15 is 0 Å². The number of rotatable bonds is 5. The van der Waals surface area contributed by atoms with Crippen LogP contribution < -0.4 is 10.1 Å². The van der Waals surface area contributed by atoms with Gasteiger partial charge in [-0.25, -0.2) is 4.79 Å². The highest BCUT2D eigenvalue weighted by molar-refractivity contribution is 9.10. The van der Waals surface area contributed by atoms with E-state index < -0.39 is 17.9 Å². The highest BCUT2D eigenvalue weighted by Crippen LogP contribution is 2.29. The molecule has 0 saturated heterocycles. The lowest BCUT2D eigenvalue weighted by Crippen LogP contribution is -2.42. The van der Waals surface area contributed by atoms with Crippen molar-refractivity contribution in [1.29, 1.82) is 0 Å². The fraction of sp³-hybridized carbons (Fsp3) is 0.333. The summed E-state index contributed by atoms with van der Waals surface area (Å²) in [5, 5.41) is 11.6. The van der Waals surface area contributed by atoms with Crippen LogP contribution in [0.5, 0.6) is 5.75 Å². The van der Waals surface area contributed by atoms with Crippen LogP contribution >= 0.6 is 15.9 Å². The van der Waals surface area contributed by atoms with Crippen molar-refractivity contribution in [3.8, 4) is 5.75 Å². The Labute approximate surface area is 131 Å². The lowest BCUT2D eigenvalue weighted by molar-refractivity contribution is -0.141. The Kier molecular flexibility index (Phi) is 5.01. The zero-order chi connectivity index (χ0) is 15.4. The molecule has 1 aromatic rings. The van der Waals surface area contributed by atoms with Gasteiger partial charge in [0.15, 0.2) is 0 Å². The zero-order valence-corrected chi connectivity index (χ0v) is 13.1. The third-order valence-corrected chi connectivity index (χ3v) is 3.65. The summed E-state index contributed by atoms with van der Waals surface area (Å²) >= 11 is 3.36. The summed E-state index contributed by atoms with van der Waals surface area (Å²) in [6.45, 7) is 2.01. The Morgan fingerprint density at radius 2 is 2.24 bits per heavy atom. The van der Waals surface area contributed by atoms with Crippen molar-refractivity contribution in [3.63, 3.8) is 0 Å². The number of aliphatic carboxylic acids is 1. The number of halogens is 1. The van der Waals surface area contributed by atoms with Gasteiger partial charge in [-0.05, 0) is 30.7 Å². The van der Waals surface area contributed by atoms with Gasteiger partial charge in [0.1, 0.15) is 18.4 Å². The second-order valence-corrected chi connectivity index (χ2v) is 5.71. The van der Waals surface area contributed by atoms with E-state index in [-0.39, 0.29) is 6.61 Å². The molecule has 0 saturated carbocycles. The second-order valence-electron chi connectivity index (χ2n) is 4.79. The first-order valence-corrected chi connectivity index (χ1v) is 7.47. The van der Waals surface area contributed by atoms with Gasteiger partial charge < -0.3 is 15.2 Å². The Morgan fingerprint density at radius 1 is 1.48 bits per heavy atom. The third kappa shape index (κ3) is 3.85. The number of carboxylic acid groups (broad SMARTS) is 1. The number of ether oxygens (including phenoxy) is 1. The van der Waals surface area contributed by atoms with Gasteiger partial charge in [0.2, 0.25) is 0 Å². The third-order valence-electron chi connectivity index (χ3n) is 3.16. The monoisotopic (exact) mass is 353 g/mol. The molecule has 2 rings (SSSR count). The van der Waals surface area contributed by atoms with Gasteiger partial charge in [0.25, 0.3) is 5.91 Å². The van der Waals surface area contributed by atoms with E-state index in [1.165, 1.54) is 0 Å². The number of carbonyl (C=O) groups is 2. The van der Waals surface area contributed by atoms with Gasteiger partial charge in [0.05, 0.1) is 5.57 Å². The smallest absolute Gasteiger partial charge is 0.326 e. The minimum Gasteiger partial charge on any atom is -0.488 e. The summed E-state index contributed by atoms with van der Waals surface area (Å²) < 4.78 is 6.40. The summed E-state index contributed by atoms with van der Waals surface area (Å²) in [6.07, 6.45) is 2.81. The average molecular weight is 354 g/mol. The van der Waals surface area contributed by atoms with Gasteiger partial charge in [0, 0.05) is 10.0 Å². The molecule has 21 heavy (non-hydrogen) atoms. The molecule has 2 N–H and O–H groups in total. The fourth-order valence-electron chi connectivity index (χ4n) is 2.08. The highest BCUT2D eigenvalue weighted by atomic mass is 79.9. The number of carboxylic acids is 1. The van der Waals surface area contributed by atoms with Gasteiger partial charge in [-0.3, -0.25) is 4.79 Å². The van der Waals surface area contributed by atoms with Crippen LogP contribution in [0.25, 0.3) is 6.08 Å². The van der Waals surface area contributed by atoms with Gasteiger partial charge in [-0.15, -0.1) is 0 Å². The van der Waals surface area contributed by atoms with Crippen LogP contribution in [0.4, 0.5) is 0 Å². The zero-order valence-electron chi connectivity index (χ0n) is 11.6. The molecule has 1 aromatic carbocycles. The maximum Gasteiger partial charge on any atom is 0.326 e. The molecule has 0 bridgehead atoms. The van der Waals surface area contributed by atoms with Gasteiger partial charge in [-0.2, -0.15) is 0 Å². The minimum atomic E-state index is -1.02. The first-order valence-electron chi connectivity index (χ1n) is 6.68. The van der Waals surface area contributed by atoms with E-state index in [0.717, 1.165) is 10.0 Å². The minimum absolute atomic E-state index is 0.138. The van der Waals surface area contributed by atoms with Crippen LogP contribution in [-0.2, 0) is 9.59 Å². The molecule has 0 fully saturated rings. The molecule has 0 unspecified atom stereocenters. The van der Waals surface area contributed by atoms with Crippen molar-refractivity contribution in [2.24, 2.45) is 0 Å². The molecule has 5 nitrogen and oxygen atoms in total. The number of hydrogen-bond donors (Lipinski definition) is 2. The first-order chi connectivity index (χ1) is 10.0. The molecular formula is C15H16BrNO4. The maximum absolute atomic E-state index is 12.1. The molecule has 0 aliphatic carbocycles. The van der Waals surface area contributed by atoms with Crippen LogP contribution in [0.15, 0.2) is 28.2 Å². The molecule has 0 radical (unpaired) electrons. The van der Waals surface area contributed by atoms with Gasteiger partial charge in [-0.1, -0.05) is 29.3 Å². The van der Waals surface area contributed by atoms with E-state index in [4.69, 9.17) is 9.84 Å². The van der Waals surface area contributed by atoms with Crippen LogP contribution in [0, 0.1) is 0 Å². The van der Waals surface area contributed by atoms with E-state index in [1.54, 1.807) is 6.08 Å². The molecular weight excluding hydrogens is 338 g/mol. The van der Waals surface area contributed by atoms with Crippen LogP contribution in [0.1, 0.15) is 25.3 Å². The second kappa shape index (κ2) is 6.76. The van der Waals surface area contributed by atoms with Crippen molar-refractivity contribution in [2.45, 2.75) is 25.8 Å². The Hall–Kier alpha value is -1.82. The molecule has 1 atom stereocenters.